The second-order valence-electron chi connectivity index (χ2n) is 9.21. The number of carbonyl (C=O) groups is 1. The van der Waals surface area contributed by atoms with Gasteiger partial charge in [0.15, 0.2) is 0 Å². The van der Waals surface area contributed by atoms with Gasteiger partial charge in [0.2, 0.25) is 5.89 Å². The van der Waals surface area contributed by atoms with E-state index in [2.05, 4.69) is 28.1 Å². The number of aryl methyl sites for hydroxylation is 1. The lowest BCUT2D eigenvalue weighted by atomic mass is 9.91. The molecule has 0 radical (unpaired) electrons. The minimum atomic E-state index is -0.460. The number of aromatic nitrogens is 1. The SMILES string of the molecule is CCOC(=O)C1c2cc(OCCc3nc(-c4ccccc4)oc3C)ccc2CCN1Cc1ccccc1. The summed E-state index contributed by atoms with van der Waals surface area (Å²) < 4.78 is 17.5. The average molecular weight is 497 g/mol. The van der Waals surface area contributed by atoms with Crippen molar-refractivity contribution < 1.29 is 18.7 Å². The fourth-order valence-corrected chi connectivity index (χ4v) is 4.85. The van der Waals surface area contributed by atoms with E-state index in [9.17, 15) is 4.79 Å². The third kappa shape index (κ3) is 5.75. The van der Waals surface area contributed by atoms with Gasteiger partial charge in [0.25, 0.3) is 0 Å². The molecule has 1 atom stereocenters. The highest BCUT2D eigenvalue weighted by Crippen LogP contribution is 2.34. The van der Waals surface area contributed by atoms with Gasteiger partial charge >= 0.3 is 5.97 Å². The third-order valence-electron chi connectivity index (χ3n) is 6.70. The van der Waals surface area contributed by atoms with Crippen LogP contribution in [0.1, 0.15) is 41.1 Å². The molecule has 190 valence electrons. The molecule has 0 bridgehead atoms. The molecule has 0 spiro atoms. The van der Waals surface area contributed by atoms with Crippen LogP contribution in [-0.2, 0) is 28.9 Å². The van der Waals surface area contributed by atoms with Crippen LogP contribution in [0.4, 0.5) is 0 Å². The maximum absolute atomic E-state index is 13.1. The van der Waals surface area contributed by atoms with Crippen LogP contribution in [0.5, 0.6) is 5.75 Å². The Morgan fingerprint density at radius 2 is 1.81 bits per heavy atom. The monoisotopic (exact) mass is 496 g/mol. The molecule has 4 aromatic rings. The number of nitrogens with zero attached hydrogens (tertiary/aromatic N) is 2. The van der Waals surface area contributed by atoms with Crippen molar-refractivity contribution in [2.45, 2.75) is 39.3 Å². The highest BCUT2D eigenvalue weighted by atomic mass is 16.5. The van der Waals surface area contributed by atoms with Crippen LogP contribution in [0.25, 0.3) is 11.5 Å². The molecule has 1 aliphatic heterocycles. The molecular formula is C31H32N2O4. The standard InChI is InChI=1S/C31H32N2O4/c1-3-35-31(34)29-27-20-26(15-14-24(27)16-18-33(29)21-23-10-6-4-7-11-23)36-19-17-28-22(2)37-30(32-28)25-12-8-5-9-13-25/h4-15,20,29H,3,16-19,21H2,1-2H3. The number of oxazole rings is 1. The van der Waals surface area contributed by atoms with Gasteiger partial charge in [-0.2, -0.15) is 0 Å². The summed E-state index contributed by atoms with van der Waals surface area (Å²) in [5.41, 5.74) is 5.13. The zero-order valence-electron chi connectivity index (χ0n) is 21.4. The molecule has 5 rings (SSSR count). The van der Waals surface area contributed by atoms with E-state index in [1.807, 2.05) is 74.5 Å². The van der Waals surface area contributed by atoms with E-state index in [0.29, 0.717) is 32.1 Å². The van der Waals surface area contributed by atoms with Crippen molar-refractivity contribution in [3.8, 4) is 17.2 Å². The van der Waals surface area contributed by atoms with Gasteiger partial charge in [-0.05, 0) is 61.2 Å². The number of hydrogen-bond acceptors (Lipinski definition) is 6. The van der Waals surface area contributed by atoms with Gasteiger partial charge in [-0.15, -0.1) is 0 Å². The smallest absolute Gasteiger partial charge is 0.328 e. The first-order valence-electron chi connectivity index (χ1n) is 12.8. The maximum Gasteiger partial charge on any atom is 0.328 e. The number of ether oxygens (including phenoxy) is 2. The minimum Gasteiger partial charge on any atom is -0.493 e. The summed E-state index contributed by atoms with van der Waals surface area (Å²) in [4.78, 5) is 20.0. The van der Waals surface area contributed by atoms with Gasteiger partial charge < -0.3 is 13.9 Å². The molecule has 0 fully saturated rings. The maximum atomic E-state index is 13.1. The normalized spacial score (nSPS) is 15.2. The summed E-state index contributed by atoms with van der Waals surface area (Å²) in [7, 11) is 0. The van der Waals surface area contributed by atoms with Gasteiger partial charge in [0, 0.05) is 25.1 Å². The van der Waals surface area contributed by atoms with Gasteiger partial charge in [0.1, 0.15) is 17.6 Å². The molecule has 1 unspecified atom stereocenters. The summed E-state index contributed by atoms with van der Waals surface area (Å²) >= 11 is 0. The van der Waals surface area contributed by atoms with Gasteiger partial charge in [-0.3, -0.25) is 4.90 Å². The van der Waals surface area contributed by atoms with Gasteiger partial charge in [-0.25, -0.2) is 9.78 Å². The first kappa shape index (κ1) is 24.8. The van der Waals surface area contributed by atoms with Crippen molar-refractivity contribution >= 4 is 5.97 Å². The zero-order valence-corrected chi connectivity index (χ0v) is 21.4. The number of fused-ring (bicyclic) bond motifs is 1. The predicted molar refractivity (Wildman–Crippen MR) is 142 cm³/mol. The van der Waals surface area contributed by atoms with Crippen molar-refractivity contribution in [1.29, 1.82) is 0 Å². The summed E-state index contributed by atoms with van der Waals surface area (Å²) in [6.07, 6.45) is 1.50. The molecule has 3 aromatic carbocycles. The van der Waals surface area contributed by atoms with Crippen molar-refractivity contribution in [3.63, 3.8) is 0 Å². The third-order valence-corrected chi connectivity index (χ3v) is 6.70. The Bertz CT molecular complexity index is 1330. The van der Waals surface area contributed by atoms with Gasteiger partial charge in [0.05, 0.1) is 18.9 Å². The number of benzene rings is 3. The lowest BCUT2D eigenvalue weighted by Gasteiger charge is -2.36. The van der Waals surface area contributed by atoms with Crippen LogP contribution in [0.15, 0.2) is 83.3 Å². The molecule has 0 N–H and O–H groups in total. The highest BCUT2D eigenvalue weighted by molar-refractivity contribution is 5.79. The molecule has 6 nitrogen and oxygen atoms in total. The number of carbonyl (C=O) groups excluding carboxylic acids is 1. The van der Waals surface area contributed by atoms with Crippen molar-refractivity contribution in [3.05, 3.63) is 107 Å². The van der Waals surface area contributed by atoms with Crippen LogP contribution in [-0.4, -0.2) is 35.6 Å². The average Bonchev–Trinajstić information content (AvgIpc) is 3.30. The number of hydrogen-bond donors (Lipinski definition) is 0. The zero-order chi connectivity index (χ0) is 25.6. The highest BCUT2D eigenvalue weighted by Gasteiger charge is 2.34. The molecule has 37 heavy (non-hydrogen) atoms. The van der Waals surface area contributed by atoms with Crippen LogP contribution in [0.2, 0.25) is 0 Å². The summed E-state index contributed by atoms with van der Waals surface area (Å²) in [5.74, 6) is 1.94. The second-order valence-corrected chi connectivity index (χ2v) is 9.21. The molecule has 0 saturated carbocycles. The molecule has 6 heteroatoms. The predicted octanol–water partition coefficient (Wildman–Crippen LogP) is 5.93. The van der Waals surface area contributed by atoms with Crippen LogP contribution in [0.3, 0.4) is 0 Å². The largest absolute Gasteiger partial charge is 0.493 e. The molecule has 1 aromatic heterocycles. The Morgan fingerprint density at radius 3 is 2.57 bits per heavy atom. The molecule has 1 aliphatic rings. The molecule has 0 saturated heterocycles. The lowest BCUT2D eigenvalue weighted by molar-refractivity contribution is -0.150. The van der Waals surface area contributed by atoms with E-state index in [-0.39, 0.29) is 5.97 Å². The topological polar surface area (TPSA) is 64.8 Å². The van der Waals surface area contributed by atoms with E-state index in [1.165, 1.54) is 5.56 Å². The number of rotatable bonds is 9. The Balaban J connectivity index is 1.31. The quantitative estimate of drug-likeness (QED) is 0.268. The molecular weight excluding hydrogens is 464 g/mol. The Hall–Kier alpha value is -3.90. The first-order chi connectivity index (χ1) is 18.1. The van der Waals surface area contributed by atoms with E-state index in [1.54, 1.807) is 0 Å². The first-order valence-corrected chi connectivity index (χ1v) is 12.8. The Morgan fingerprint density at radius 1 is 1.05 bits per heavy atom. The number of esters is 1. The van der Waals surface area contributed by atoms with Crippen LogP contribution in [0, 0.1) is 6.92 Å². The van der Waals surface area contributed by atoms with Crippen molar-refractivity contribution in [2.24, 2.45) is 0 Å². The second kappa shape index (κ2) is 11.4. The minimum absolute atomic E-state index is 0.219. The molecule has 0 aliphatic carbocycles. The summed E-state index contributed by atoms with van der Waals surface area (Å²) in [5, 5.41) is 0. The van der Waals surface area contributed by atoms with E-state index in [4.69, 9.17) is 13.9 Å². The van der Waals surface area contributed by atoms with E-state index >= 15 is 0 Å². The van der Waals surface area contributed by atoms with Crippen molar-refractivity contribution in [2.75, 3.05) is 19.8 Å². The molecule has 0 amide bonds. The lowest BCUT2D eigenvalue weighted by Crippen LogP contribution is -2.40. The summed E-state index contributed by atoms with van der Waals surface area (Å²) in [6.45, 7) is 6.06. The van der Waals surface area contributed by atoms with Crippen LogP contribution >= 0.6 is 0 Å². The van der Waals surface area contributed by atoms with E-state index < -0.39 is 6.04 Å². The Kier molecular flexibility index (Phi) is 7.66. The fourth-order valence-electron chi connectivity index (χ4n) is 4.85. The molecule has 2 heterocycles. The van der Waals surface area contributed by atoms with Crippen molar-refractivity contribution in [1.82, 2.24) is 9.88 Å². The van der Waals surface area contributed by atoms with Gasteiger partial charge in [-0.1, -0.05) is 54.6 Å². The summed E-state index contributed by atoms with van der Waals surface area (Å²) in [6, 6.07) is 25.7. The van der Waals surface area contributed by atoms with E-state index in [0.717, 1.165) is 46.9 Å². The fraction of sp³-hybridized carbons (Fsp3) is 0.290. The Labute approximate surface area is 217 Å². The van der Waals surface area contributed by atoms with Crippen LogP contribution < -0.4 is 4.74 Å².